The molecule has 9 heteroatoms. The maximum Gasteiger partial charge on any atom is 0.342 e. The van der Waals surface area contributed by atoms with Gasteiger partial charge >= 0.3 is 5.97 Å². The molecule has 0 bridgehead atoms. The van der Waals surface area contributed by atoms with Gasteiger partial charge in [0.05, 0.1) is 34.4 Å². The number of hydrogen-bond donors (Lipinski definition) is 2. The Kier molecular flexibility index (Phi) is 3.89. The lowest BCUT2D eigenvalue weighted by Crippen LogP contribution is -2.07. The summed E-state index contributed by atoms with van der Waals surface area (Å²) in [7, 11) is 0. The number of benzene rings is 1. The quantitative estimate of drug-likeness (QED) is 0.649. The molecule has 2 rings (SSSR count). The Labute approximate surface area is 115 Å². The zero-order valence-electron chi connectivity index (χ0n) is 9.87. The predicted molar refractivity (Wildman–Crippen MR) is 69.5 cm³/mol. The Morgan fingerprint density at radius 2 is 2.30 bits per heavy atom. The molecule has 0 spiro atoms. The molecular weight excluding hydrogens is 289 g/mol. The van der Waals surface area contributed by atoms with Crippen molar-refractivity contribution in [3.63, 3.8) is 0 Å². The van der Waals surface area contributed by atoms with Crippen molar-refractivity contribution in [1.29, 1.82) is 0 Å². The van der Waals surface area contributed by atoms with E-state index in [-0.39, 0.29) is 12.2 Å². The zero-order valence-corrected chi connectivity index (χ0v) is 10.7. The number of nitrogens with zero attached hydrogens (tertiary/aromatic N) is 2. The maximum atomic E-state index is 13.7. The van der Waals surface area contributed by atoms with Crippen molar-refractivity contribution in [1.82, 2.24) is 4.98 Å². The number of aromatic carboxylic acids is 1. The number of carboxylic acid groups (broad SMARTS) is 1. The van der Waals surface area contributed by atoms with E-state index in [0.717, 1.165) is 6.07 Å². The van der Waals surface area contributed by atoms with Crippen molar-refractivity contribution >= 4 is 28.7 Å². The summed E-state index contributed by atoms with van der Waals surface area (Å²) in [5.41, 5.74) is 0.781. The second-order valence-electron chi connectivity index (χ2n) is 3.74. The standard InChI is InChI=1S/C11H8FN3O4S/c12-8-2-10(15(18)19)7(11(16)17)1-9(8)13-3-6-4-20-5-14-6/h1-2,4-5,13H,3H2,(H,16,17). The Morgan fingerprint density at radius 3 is 2.85 bits per heavy atom. The highest BCUT2D eigenvalue weighted by molar-refractivity contribution is 7.07. The highest BCUT2D eigenvalue weighted by atomic mass is 32.1. The van der Waals surface area contributed by atoms with Crippen LogP contribution in [0.4, 0.5) is 15.8 Å². The van der Waals surface area contributed by atoms with Gasteiger partial charge in [-0.1, -0.05) is 0 Å². The van der Waals surface area contributed by atoms with Gasteiger partial charge in [0.15, 0.2) is 5.82 Å². The number of carboxylic acids is 1. The van der Waals surface area contributed by atoms with Gasteiger partial charge < -0.3 is 10.4 Å². The first-order valence-electron chi connectivity index (χ1n) is 5.31. The normalized spacial score (nSPS) is 10.2. The summed E-state index contributed by atoms with van der Waals surface area (Å²) in [6.07, 6.45) is 0. The SMILES string of the molecule is O=C(O)c1cc(NCc2cscn2)c(F)cc1[N+](=O)[O-]. The minimum Gasteiger partial charge on any atom is -0.477 e. The van der Waals surface area contributed by atoms with E-state index in [1.54, 1.807) is 10.9 Å². The van der Waals surface area contributed by atoms with Crippen LogP contribution in [0.1, 0.15) is 16.1 Å². The monoisotopic (exact) mass is 297 g/mol. The number of rotatable bonds is 5. The molecule has 0 amide bonds. The van der Waals surface area contributed by atoms with E-state index in [9.17, 15) is 19.3 Å². The number of hydrogen-bond acceptors (Lipinski definition) is 6. The van der Waals surface area contributed by atoms with Crippen molar-refractivity contribution in [3.8, 4) is 0 Å². The van der Waals surface area contributed by atoms with E-state index < -0.39 is 28.0 Å². The first-order valence-corrected chi connectivity index (χ1v) is 6.25. The van der Waals surface area contributed by atoms with Crippen LogP contribution in [0.25, 0.3) is 0 Å². The summed E-state index contributed by atoms with van der Waals surface area (Å²) in [5.74, 6) is -2.38. The number of carbonyl (C=O) groups is 1. The highest BCUT2D eigenvalue weighted by Crippen LogP contribution is 2.26. The molecule has 0 atom stereocenters. The van der Waals surface area contributed by atoms with Gasteiger partial charge in [-0.05, 0) is 6.07 Å². The van der Waals surface area contributed by atoms with Gasteiger partial charge in [0.2, 0.25) is 0 Å². The molecule has 1 heterocycles. The molecule has 0 aliphatic heterocycles. The van der Waals surface area contributed by atoms with E-state index >= 15 is 0 Å². The molecule has 2 aromatic rings. The molecular formula is C11H8FN3O4S. The molecule has 20 heavy (non-hydrogen) atoms. The van der Waals surface area contributed by atoms with Crippen LogP contribution in [0, 0.1) is 15.9 Å². The number of thiazole rings is 1. The third-order valence-electron chi connectivity index (χ3n) is 2.46. The van der Waals surface area contributed by atoms with Gasteiger partial charge in [0.25, 0.3) is 5.69 Å². The van der Waals surface area contributed by atoms with Gasteiger partial charge in [-0.25, -0.2) is 14.2 Å². The average molecular weight is 297 g/mol. The number of anilines is 1. The van der Waals surface area contributed by atoms with E-state index in [1.165, 1.54) is 11.3 Å². The second kappa shape index (κ2) is 5.61. The van der Waals surface area contributed by atoms with Crippen molar-refractivity contribution in [2.75, 3.05) is 5.32 Å². The van der Waals surface area contributed by atoms with Crippen LogP contribution in [0.15, 0.2) is 23.0 Å². The van der Waals surface area contributed by atoms with E-state index in [4.69, 9.17) is 5.11 Å². The van der Waals surface area contributed by atoms with Crippen LogP contribution in [-0.2, 0) is 6.54 Å². The van der Waals surface area contributed by atoms with Crippen molar-refractivity contribution in [2.24, 2.45) is 0 Å². The summed E-state index contributed by atoms with van der Waals surface area (Å²) in [5, 5.41) is 24.0. The molecule has 0 radical (unpaired) electrons. The van der Waals surface area contributed by atoms with Gasteiger partial charge in [-0.15, -0.1) is 11.3 Å². The van der Waals surface area contributed by atoms with Crippen LogP contribution in [0.3, 0.4) is 0 Å². The first kappa shape index (κ1) is 13.9. The first-order chi connectivity index (χ1) is 9.49. The van der Waals surface area contributed by atoms with Crippen LogP contribution in [0.5, 0.6) is 0 Å². The number of nitro groups is 1. The molecule has 0 aliphatic carbocycles. The van der Waals surface area contributed by atoms with Crippen LogP contribution in [-0.4, -0.2) is 21.0 Å². The lowest BCUT2D eigenvalue weighted by Gasteiger charge is -2.07. The molecule has 0 aliphatic rings. The number of halogens is 1. The molecule has 7 nitrogen and oxygen atoms in total. The van der Waals surface area contributed by atoms with E-state index in [1.807, 2.05) is 0 Å². The summed E-state index contributed by atoms with van der Waals surface area (Å²) in [4.78, 5) is 24.7. The van der Waals surface area contributed by atoms with Crippen molar-refractivity contribution in [3.05, 3.63) is 50.2 Å². The summed E-state index contributed by atoms with van der Waals surface area (Å²) >= 11 is 1.37. The molecule has 1 aromatic heterocycles. The smallest absolute Gasteiger partial charge is 0.342 e. The van der Waals surface area contributed by atoms with Gasteiger partial charge in [0, 0.05) is 5.38 Å². The third-order valence-corrected chi connectivity index (χ3v) is 3.09. The fourth-order valence-electron chi connectivity index (χ4n) is 1.53. The zero-order chi connectivity index (χ0) is 14.7. The molecule has 2 N–H and O–H groups in total. The molecule has 104 valence electrons. The topological polar surface area (TPSA) is 105 Å². The minimum absolute atomic E-state index is 0.124. The number of nitrogens with one attached hydrogen (secondary N) is 1. The van der Waals surface area contributed by atoms with E-state index in [2.05, 4.69) is 10.3 Å². The van der Waals surface area contributed by atoms with Crippen molar-refractivity contribution < 1.29 is 19.2 Å². The molecule has 0 saturated heterocycles. The largest absolute Gasteiger partial charge is 0.477 e. The predicted octanol–water partition coefficient (Wildman–Crippen LogP) is 2.50. The fourth-order valence-corrected chi connectivity index (χ4v) is 2.09. The van der Waals surface area contributed by atoms with Gasteiger partial charge in [-0.3, -0.25) is 10.1 Å². The summed E-state index contributed by atoms with van der Waals surface area (Å²) in [6, 6.07) is 1.50. The van der Waals surface area contributed by atoms with Gasteiger partial charge in [0.1, 0.15) is 5.56 Å². The Balaban J connectivity index is 2.31. The van der Waals surface area contributed by atoms with Crippen LogP contribution < -0.4 is 5.32 Å². The maximum absolute atomic E-state index is 13.7. The van der Waals surface area contributed by atoms with E-state index in [0.29, 0.717) is 11.8 Å². The Morgan fingerprint density at radius 1 is 1.55 bits per heavy atom. The minimum atomic E-state index is -1.49. The summed E-state index contributed by atoms with van der Waals surface area (Å²) in [6.45, 7) is 0.192. The fraction of sp³-hybridized carbons (Fsp3) is 0.0909. The van der Waals surface area contributed by atoms with Crippen molar-refractivity contribution in [2.45, 2.75) is 6.54 Å². The highest BCUT2D eigenvalue weighted by Gasteiger charge is 2.23. The molecule has 0 saturated carbocycles. The lowest BCUT2D eigenvalue weighted by molar-refractivity contribution is -0.385. The molecule has 1 aromatic carbocycles. The number of aromatic nitrogens is 1. The third kappa shape index (κ3) is 2.88. The average Bonchev–Trinajstić information content (AvgIpc) is 2.89. The molecule has 0 unspecified atom stereocenters. The molecule has 0 fully saturated rings. The summed E-state index contributed by atoms with van der Waals surface area (Å²) < 4.78 is 13.7. The van der Waals surface area contributed by atoms with Gasteiger partial charge in [-0.2, -0.15) is 0 Å². The number of nitro benzene ring substituents is 1. The van der Waals surface area contributed by atoms with Crippen LogP contribution >= 0.6 is 11.3 Å². The Hall–Kier alpha value is -2.55. The lowest BCUT2D eigenvalue weighted by atomic mass is 10.1. The second-order valence-corrected chi connectivity index (χ2v) is 4.46. The Bertz CT molecular complexity index is 660. The van der Waals surface area contributed by atoms with Crippen LogP contribution in [0.2, 0.25) is 0 Å².